The van der Waals surface area contributed by atoms with E-state index < -0.39 is 11.9 Å². The molecular formula is C33H38O6. The minimum Gasteiger partial charge on any atom is -0.494 e. The molecule has 6 nitrogen and oxygen atoms in total. The standard InChI is InChI=1S/C33H38O6/c1-2-23-37-24-9-7-5-3-4-6-8-10-25-38-30-19-15-27(16-20-30)26-11-13-29(14-12-26)33(36)39-31-21-17-28(18-22-31)32(34)35/h2,11-22H,1,3-10,23-25H2,(H,34,35). The van der Waals surface area contributed by atoms with Gasteiger partial charge in [-0.15, -0.1) is 6.58 Å². The summed E-state index contributed by atoms with van der Waals surface area (Å²) in [6.45, 7) is 5.85. The highest BCUT2D eigenvalue weighted by Crippen LogP contribution is 2.24. The van der Waals surface area contributed by atoms with Crippen molar-refractivity contribution in [2.75, 3.05) is 19.8 Å². The topological polar surface area (TPSA) is 82.1 Å². The van der Waals surface area contributed by atoms with Gasteiger partial charge in [-0.25, -0.2) is 9.59 Å². The van der Waals surface area contributed by atoms with Crippen LogP contribution in [-0.2, 0) is 4.74 Å². The van der Waals surface area contributed by atoms with Crippen LogP contribution < -0.4 is 9.47 Å². The summed E-state index contributed by atoms with van der Waals surface area (Å²) in [6.07, 6.45) is 11.5. The fourth-order valence-electron chi connectivity index (χ4n) is 4.10. The maximum Gasteiger partial charge on any atom is 0.343 e. The summed E-state index contributed by atoms with van der Waals surface area (Å²) in [5.41, 5.74) is 2.55. The number of benzene rings is 3. The minimum atomic E-state index is -1.03. The van der Waals surface area contributed by atoms with E-state index >= 15 is 0 Å². The van der Waals surface area contributed by atoms with Crippen LogP contribution in [0.4, 0.5) is 0 Å². The summed E-state index contributed by atoms with van der Waals surface area (Å²) in [7, 11) is 0. The summed E-state index contributed by atoms with van der Waals surface area (Å²) in [5.74, 6) is -0.385. The van der Waals surface area contributed by atoms with E-state index in [2.05, 4.69) is 6.58 Å². The third kappa shape index (κ3) is 10.8. The quantitative estimate of drug-likeness (QED) is 0.0777. The Kier molecular flexibility index (Phi) is 12.8. The van der Waals surface area contributed by atoms with Gasteiger partial charge >= 0.3 is 11.9 Å². The molecule has 0 radical (unpaired) electrons. The third-order valence-corrected chi connectivity index (χ3v) is 6.31. The SMILES string of the molecule is C=CCOCCCCCCCCCCOc1ccc(-c2ccc(C(=O)Oc3ccc(C(=O)O)cc3)cc2)cc1. The molecule has 0 fully saturated rings. The number of hydrogen-bond acceptors (Lipinski definition) is 5. The molecule has 0 amide bonds. The number of unbranched alkanes of at least 4 members (excludes halogenated alkanes) is 7. The second-order valence-electron chi connectivity index (χ2n) is 9.36. The summed E-state index contributed by atoms with van der Waals surface area (Å²) >= 11 is 0. The zero-order chi connectivity index (χ0) is 27.7. The van der Waals surface area contributed by atoms with E-state index in [1.165, 1.54) is 62.8 Å². The first-order chi connectivity index (χ1) is 19.1. The fourth-order valence-corrected chi connectivity index (χ4v) is 4.10. The van der Waals surface area contributed by atoms with Gasteiger partial charge in [0.15, 0.2) is 0 Å². The smallest absolute Gasteiger partial charge is 0.343 e. The van der Waals surface area contributed by atoms with E-state index in [0.717, 1.165) is 42.9 Å². The molecule has 1 N–H and O–H groups in total. The number of carboxylic acids is 1. The largest absolute Gasteiger partial charge is 0.494 e. The van der Waals surface area contributed by atoms with Gasteiger partial charge in [0.2, 0.25) is 0 Å². The molecule has 3 aromatic rings. The second-order valence-corrected chi connectivity index (χ2v) is 9.36. The Morgan fingerprint density at radius 1 is 0.641 bits per heavy atom. The molecule has 3 rings (SSSR count). The molecule has 0 aromatic heterocycles. The lowest BCUT2D eigenvalue weighted by atomic mass is 10.0. The van der Waals surface area contributed by atoms with Crippen LogP contribution in [0.2, 0.25) is 0 Å². The monoisotopic (exact) mass is 530 g/mol. The van der Waals surface area contributed by atoms with Crippen LogP contribution in [0.5, 0.6) is 11.5 Å². The number of hydrogen-bond donors (Lipinski definition) is 1. The summed E-state index contributed by atoms with van der Waals surface area (Å²) in [5, 5.41) is 8.97. The first-order valence-electron chi connectivity index (χ1n) is 13.6. The Morgan fingerprint density at radius 3 is 1.69 bits per heavy atom. The average molecular weight is 531 g/mol. The number of carbonyl (C=O) groups excluding carboxylic acids is 1. The Balaban J connectivity index is 1.32. The van der Waals surface area contributed by atoms with E-state index in [0.29, 0.717) is 17.9 Å². The van der Waals surface area contributed by atoms with Gasteiger partial charge in [0.25, 0.3) is 0 Å². The molecule has 0 saturated heterocycles. The molecule has 0 aliphatic rings. The van der Waals surface area contributed by atoms with Crippen LogP contribution in [0.1, 0.15) is 72.1 Å². The molecule has 0 atom stereocenters. The normalized spacial score (nSPS) is 10.7. The maximum absolute atomic E-state index is 12.4. The van der Waals surface area contributed by atoms with Gasteiger partial charge < -0.3 is 19.3 Å². The van der Waals surface area contributed by atoms with E-state index in [1.807, 2.05) is 36.4 Å². The lowest BCUT2D eigenvalue weighted by molar-refractivity contribution is 0.0696. The van der Waals surface area contributed by atoms with Crippen molar-refractivity contribution in [2.45, 2.75) is 51.4 Å². The lowest BCUT2D eigenvalue weighted by Gasteiger charge is -2.09. The van der Waals surface area contributed by atoms with E-state index in [9.17, 15) is 9.59 Å². The molecule has 6 heteroatoms. The van der Waals surface area contributed by atoms with Crippen molar-refractivity contribution >= 4 is 11.9 Å². The maximum atomic E-state index is 12.4. The second kappa shape index (κ2) is 16.8. The van der Waals surface area contributed by atoms with Crippen LogP contribution in [0.3, 0.4) is 0 Å². The van der Waals surface area contributed by atoms with Crippen LogP contribution in [0.25, 0.3) is 11.1 Å². The van der Waals surface area contributed by atoms with Crippen molar-refractivity contribution < 1.29 is 28.9 Å². The van der Waals surface area contributed by atoms with E-state index in [-0.39, 0.29) is 5.56 Å². The molecule has 0 aliphatic carbocycles. The van der Waals surface area contributed by atoms with Gasteiger partial charge in [0.1, 0.15) is 11.5 Å². The Hall–Kier alpha value is -3.90. The van der Waals surface area contributed by atoms with Gasteiger partial charge in [-0.3, -0.25) is 0 Å². The van der Waals surface area contributed by atoms with Crippen LogP contribution in [0, 0.1) is 0 Å². The molecule has 0 unspecified atom stereocenters. The van der Waals surface area contributed by atoms with Crippen LogP contribution in [0.15, 0.2) is 85.5 Å². The Bertz CT molecular complexity index is 1150. The number of carboxylic acid groups (broad SMARTS) is 1. The number of rotatable bonds is 18. The molecule has 0 bridgehead atoms. The highest BCUT2D eigenvalue weighted by molar-refractivity contribution is 5.92. The van der Waals surface area contributed by atoms with Crippen LogP contribution in [-0.4, -0.2) is 36.9 Å². The first-order valence-corrected chi connectivity index (χ1v) is 13.6. The predicted molar refractivity (Wildman–Crippen MR) is 154 cm³/mol. The third-order valence-electron chi connectivity index (χ3n) is 6.31. The molecule has 206 valence electrons. The van der Waals surface area contributed by atoms with Gasteiger partial charge in [-0.1, -0.05) is 68.9 Å². The Labute approximate surface area is 231 Å². The summed E-state index contributed by atoms with van der Waals surface area (Å²) in [4.78, 5) is 23.4. The van der Waals surface area contributed by atoms with Crippen molar-refractivity contribution in [3.05, 3.63) is 96.6 Å². The van der Waals surface area contributed by atoms with Crippen molar-refractivity contribution in [3.8, 4) is 22.6 Å². The molecule has 3 aromatic carbocycles. The first kappa shape index (κ1) is 29.7. The summed E-state index contributed by atoms with van der Waals surface area (Å²) < 4.78 is 16.6. The number of carbonyl (C=O) groups is 2. The van der Waals surface area contributed by atoms with Crippen molar-refractivity contribution in [3.63, 3.8) is 0 Å². The minimum absolute atomic E-state index is 0.134. The number of esters is 1. The lowest BCUT2D eigenvalue weighted by Crippen LogP contribution is -2.08. The van der Waals surface area contributed by atoms with E-state index in [1.54, 1.807) is 18.2 Å². The molecule has 0 spiro atoms. The van der Waals surface area contributed by atoms with Gasteiger partial charge in [-0.05, 0) is 72.5 Å². The van der Waals surface area contributed by atoms with Crippen LogP contribution >= 0.6 is 0 Å². The Morgan fingerprint density at radius 2 is 1.13 bits per heavy atom. The highest BCUT2D eigenvalue weighted by Gasteiger charge is 2.10. The van der Waals surface area contributed by atoms with Gasteiger partial charge in [0.05, 0.1) is 24.3 Å². The average Bonchev–Trinajstić information content (AvgIpc) is 2.96. The van der Waals surface area contributed by atoms with Gasteiger partial charge in [0, 0.05) is 6.61 Å². The highest BCUT2D eigenvalue weighted by atomic mass is 16.5. The summed E-state index contributed by atoms with van der Waals surface area (Å²) in [6, 6.07) is 20.9. The van der Waals surface area contributed by atoms with Crippen molar-refractivity contribution in [1.82, 2.24) is 0 Å². The predicted octanol–water partition coefficient (Wildman–Crippen LogP) is 7.97. The molecule has 0 aliphatic heterocycles. The molecular weight excluding hydrogens is 492 g/mol. The van der Waals surface area contributed by atoms with E-state index in [4.69, 9.17) is 19.3 Å². The number of ether oxygens (including phenoxy) is 3. The van der Waals surface area contributed by atoms with Crippen molar-refractivity contribution in [2.24, 2.45) is 0 Å². The fraction of sp³-hybridized carbons (Fsp3) is 0.333. The zero-order valence-electron chi connectivity index (χ0n) is 22.5. The van der Waals surface area contributed by atoms with Crippen molar-refractivity contribution in [1.29, 1.82) is 0 Å². The molecule has 0 saturated carbocycles. The molecule has 39 heavy (non-hydrogen) atoms. The van der Waals surface area contributed by atoms with Gasteiger partial charge in [-0.2, -0.15) is 0 Å². The number of aromatic carboxylic acids is 1. The zero-order valence-corrected chi connectivity index (χ0v) is 22.5. The molecule has 0 heterocycles.